The lowest BCUT2D eigenvalue weighted by Gasteiger charge is -2.32. The highest BCUT2D eigenvalue weighted by Crippen LogP contribution is 2.18. The van der Waals surface area contributed by atoms with E-state index in [1.165, 1.54) is 0 Å². The van der Waals surface area contributed by atoms with E-state index in [0.29, 0.717) is 44.5 Å². The van der Waals surface area contributed by atoms with Gasteiger partial charge < -0.3 is 20.6 Å². The number of benzene rings is 1. The Hall–Kier alpha value is -2.57. The predicted molar refractivity (Wildman–Crippen MR) is 94.2 cm³/mol. The lowest BCUT2D eigenvalue weighted by Crippen LogP contribution is -2.50. The van der Waals surface area contributed by atoms with Gasteiger partial charge in [0, 0.05) is 18.8 Å². The number of carboxylic acids is 1. The highest BCUT2D eigenvalue weighted by Gasteiger charge is 2.30. The zero-order chi connectivity index (χ0) is 18.2. The van der Waals surface area contributed by atoms with Crippen molar-refractivity contribution in [1.29, 1.82) is 0 Å². The number of amides is 3. The van der Waals surface area contributed by atoms with Crippen LogP contribution in [0.2, 0.25) is 0 Å². The highest BCUT2D eigenvalue weighted by molar-refractivity contribution is 5.90. The summed E-state index contributed by atoms with van der Waals surface area (Å²) >= 11 is 0. The number of piperidine rings is 1. The molecule has 1 aromatic rings. The van der Waals surface area contributed by atoms with Crippen molar-refractivity contribution in [3.63, 3.8) is 0 Å². The lowest BCUT2D eigenvalue weighted by atomic mass is 9.96. The molecule has 7 heteroatoms. The van der Waals surface area contributed by atoms with Crippen molar-refractivity contribution in [2.75, 3.05) is 18.4 Å². The van der Waals surface area contributed by atoms with E-state index in [9.17, 15) is 14.4 Å². The van der Waals surface area contributed by atoms with Crippen LogP contribution in [0.1, 0.15) is 32.6 Å². The van der Waals surface area contributed by atoms with Gasteiger partial charge in [0.05, 0.1) is 5.92 Å². The Morgan fingerprint density at radius 1 is 1.28 bits per heavy atom. The number of aliphatic carboxylic acids is 1. The molecule has 2 rings (SSSR count). The van der Waals surface area contributed by atoms with E-state index >= 15 is 0 Å². The van der Waals surface area contributed by atoms with Crippen LogP contribution < -0.4 is 10.6 Å². The molecule has 1 aromatic carbocycles. The van der Waals surface area contributed by atoms with Crippen molar-refractivity contribution >= 4 is 23.6 Å². The molecule has 0 bridgehead atoms. The van der Waals surface area contributed by atoms with E-state index in [1.54, 1.807) is 17.0 Å². The summed E-state index contributed by atoms with van der Waals surface area (Å²) in [5, 5.41) is 14.6. The minimum Gasteiger partial charge on any atom is -0.480 e. The lowest BCUT2D eigenvalue weighted by molar-refractivity contribution is -0.143. The molecule has 1 fully saturated rings. The second-order valence-corrected chi connectivity index (χ2v) is 6.27. The third-order valence-electron chi connectivity index (χ3n) is 4.30. The van der Waals surface area contributed by atoms with Gasteiger partial charge in [-0.2, -0.15) is 0 Å². The molecule has 7 nitrogen and oxygen atoms in total. The number of anilines is 1. The molecular formula is C18H25N3O4. The molecule has 1 heterocycles. The van der Waals surface area contributed by atoms with E-state index in [1.807, 2.05) is 25.1 Å². The van der Waals surface area contributed by atoms with Gasteiger partial charge in [0.15, 0.2) is 0 Å². The van der Waals surface area contributed by atoms with E-state index < -0.39 is 12.0 Å². The summed E-state index contributed by atoms with van der Waals surface area (Å²) in [5.74, 6) is -1.70. The van der Waals surface area contributed by atoms with Crippen molar-refractivity contribution in [3.05, 3.63) is 30.3 Å². The van der Waals surface area contributed by atoms with Crippen molar-refractivity contribution in [3.8, 4) is 0 Å². The Morgan fingerprint density at radius 3 is 2.64 bits per heavy atom. The summed E-state index contributed by atoms with van der Waals surface area (Å²) in [5.41, 5.74) is 0.702. The number of nitrogens with zero attached hydrogens (tertiary/aromatic N) is 1. The Balaban J connectivity index is 1.92. The Morgan fingerprint density at radius 2 is 2.00 bits per heavy atom. The second-order valence-electron chi connectivity index (χ2n) is 6.27. The average molecular weight is 347 g/mol. The molecule has 0 aromatic heterocycles. The minimum absolute atomic E-state index is 0.243. The highest BCUT2D eigenvalue weighted by atomic mass is 16.4. The third-order valence-corrected chi connectivity index (χ3v) is 4.30. The molecule has 0 aliphatic carbocycles. The van der Waals surface area contributed by atoms with Crippen LogP contribution in [-0.4, -0.2) is 47.0 Å². The van der Waals surface area contributed by atoms with Crippen molar-refractivity contribution in [1.82, 2.24) is 10.2 Å². The van der Waals surface area contributed by atoms with Gasteiger partial charge >= 0.3 is 12.0 Å². The zero-order valence-corrected chi connectivity index (χ0v) is 14.4. The quantitative estimate of drug-likeness (QED) is 0.735. The Kier molecular flexibility index (Phi) is 6.80. The molecule has 136 valence electrons. The van der Waals surface area contributed by atoms with Crippen LogP contribution >= 0.6 is 0 Å². The van der Waals surface area contributed by atoms with Crippen molar-refractivity contribution < 1.29 is 19.5 Å². The van der Waals surface area contributed by atoms with Gasteiger partial charge in [0.2, 0.25) is 5.91 Å². The predicted octanol–water partition coefficient (Wildman–Crippen LogP) is 2.30. The van der Waals surface area contributed by atoms with Gasteiger partial charge in [-0.15, -0.1) is 0 Å². The number of carbonyl (C=O) groups excluding carboxylic acids is 2. The normalized spacial score (nSPS) is 18.3. The van der Waals surface area contributed by atoms with Gasteiger partial charge in [0.25, 0.3) is 0 Å². The molecule has 3 amide bonds. The molecule has 25 heavy (non-hydrogen) atoms. The topological polar surface area (TPSA) is 98.7 Å². The summed E-state index contributed by atoms with van der Waals surface area (Å²) in [7, 11) is 0. The first-order valence-corrected chi connectivity index (χ1v) is 8.65. The SMILES string of the molecule is CCCC(NC(=O)C1CCCN(C(=O)Nc2ccccc2)C1)C(=O)O. The fourth-order valence-electron chi connectivity index (χ4n) is 2.94. The van der Waals surface area contributed by atoms with E-state index in [0.717, 1.165) is 0 Å². The monoisotopic (exact) mass is 347 g/mol. The molecule has 1 aliphatic rings. The van der Waals surface area contributed by atoms with Crippen LogP contribution in [0.25, 0.3) is 0 Å². The summed E-state index contributed by atoms with van der Waals surface area (Å²) in [4.78, 5) is 37.5. The molecule has 0 radical (unpaired) electrons. The van der Waals surface area contributed by atoms with Gasteiger partial charge in [-0.25, -0.2) is 9.59 Å². The zero-order valence-electron chi connectivity index (χ0n) is 14.4. The number of hydrogen-bond acceptors (Lipinski definition) is 3. The molecule has 0 saturated carbocycles. The number of rotatable bonds is 6. The first kappa shape index (κ1) is 18.8. The van der Waals surface area contributed by atoms with E-state index in [4.69, 9.17) is 5.11 Å². The number of nitrogens with one attached hydrogen (secondary N) is 2. The fraction of sp³-hybridized carbons (Fsp3) is 0.500. The molecule has 2 atom stereocenters. The number of urea groups is 1. The number of hydrogen-bond donors (Lipinski definition) is 3. The third kappa shape index (κ3) is 5.48. The van der Waals surface area contributed by atoms with Crippen LogP contribution in [0.5, 0.6) is 0 Å². The van der Waals surface area contributed by atoms with Gasteiger partial charge in [-0.1, -0.05) is 31.5 Å². The Labute approximate surface area is 147 Å². The second kappa shape index (κ2) is 9.05. The number of likely N-dealkylation sites (tertiary alicyclic amines) is 1. The number of para-hydroxylation sites is 1. The first-order chi connectivity index (χ1) is 12.0. The van der Waals surface area contributed by atoms with Crippen LogP contribution in [-0.2, 0) is 9.59 Å². The maximum atomic E-state index is 12.4. The van der Waals surface area contributed by atoms with Gasteiger partial charge in [0.1, 0.15) is 6.04 Å². The number of carboxylic acid groups (broad SMARTS) is 1. The van der Waals surface area contributed by atoms with Crippen molar-refractivity contribution in [2.45, 2.75) is 38.6 Å². The standard InChI is InChI=1S/C18H25N3O4/c1-2-7-15(17(23)24)20-16(22)13-8-6-11-21(12-13)18(25)19-14-9-4-3-5-10-14/h3-5,9-10,13,15H,2,6-8,11-12H2,1H3,(H,19,25)(H,20,22)(H,23,24). The largest absolute Gasteiger partial charge is 0.480 e. The number of carbonyl (C=O) groups is 3. The minimum atomic E-state index is -1.02. The molecule has 2 unspecified atom stereocenters. The molecular weight excluding hydrogens is 322 g/mol. The molecule has 1 aliphatic heterocycles. The van der Waals surface area contributed by atoms with E-state index in [2.05, 4.69) is 10.6 Å². The first-order valence-electron chi connectivity index (χ1n) is 8.65. The summed E-state index contributed by atoms with van der Waals surface area (Å²) < 4.78 is 0. The Bertz CT molecular complexity index is 606. The van der Waals surface area contributed by atoms with Crippen LogP contribution in [0.4, 0.5) is 10.5 Å². The maximum absolute atomic E-state index is 12.4. The summed E-state index contributed by atoms with van der Waals surface area (Å²) in [6, 6.07) is 8.02. The average Bonchev–Trinajstić information content (AvgIpc) is 2.62. The van der Waals surface area contributed by atoms with Crippen LogP contribution in [0.15, 0.2) is 30.3 Å². The molecule has 3 N–H and O–H groups in total. The van der Waals surface area contributed by atoms with E-state index in [-0.39, 0.29) is 17.9 Å². The molecule has 1 saturated heterocycles. The van der Waals surface area contributed by atoms with Gasteiger partial charge in [-0.3, -0.25) is 4.79 Å². The maximum Gasteiger partial charge on any atom is 0.326 e. The van der Waals surface area contributed by atoms with Crippen molar-refractivity contribution in [2.24, 2.45) is 5.92 Å². The fourth-order valence-corrected chi connectivity index (χ4v) is 2.94. The van der Waals surface area contributed by atoms with Gasteiger partial charge in [-0.05, 0) is 31.4 Å². The summed E-state index contributed by atoms with van der Waals surface area (Å²) in [6.07, 6.45) is 2.44. The van der Waals surface area contributed by atoms with Crippen LogP contribution in [0.3, 0.4) is 0 Å². The smallest absolute Gasteiger partial charge is 0.326 e. The molecule has 0 spiro atoms. The summed E-state index contributed by atoms with van der Waals surface area (Å²) in [6.45, 7) is 2.75. The van der Waals surface area contributed by atoms with Crippen LogP contribution in [0, 0.1) is 5.92 Å².